The number of carbonyl (C=O) groups excluding carboxylic acids is 3. The lowest BCUT2D eigenvalue weighted by atomic mass is 9.77. The normalized spacial score (nSPS) is 15.4. The molecule has 2 amide bonds. The third-order valence-corrected chi connectivity index (χ3v) is 16.3. The van der Waals surface area contributed by atoms with E-state index in [9.17, 15) is 9.59 Å². The molecule has 0 radical (unpaired) electrons. The number of amides is 2. The van der Waals surface area contributed by atoms with Crippen molar-refractivity contribution in [1.29, 1.82) is 0 Å². The Morgan fingerprint density at radius 2 is 1.04 bits per heavy atom. The van der Waals surface area contributed by atoms with Crippen LogP contribution in [0.15, 0.2) is 264 Å². The number of hydrogen-bond acceptors (Lipinski definition) is 11. The number of β-lactam (4-membered cyclic amide) rings is 1. The van der Waals surface area contributed by atoms with Crippen LogP contribution >= 0.6 is 35.3 Å². The number of carbonyl (C=O) groups is 3. The van der Waals surface area contributed by atoms with Gasteiger partial charge in [-0.25, -0.2) is 4.98 Å². The average molecular weight is 1080 g/mol. The fourth-order valence-corrected chi connectivity index (χ4v) is 12.7. The first-order valence-electron chi connectivity index (χ1n) is 25.4. The molecular formula is C65H51N5O5S3. The lowest BCUT2D eigenvalue weighted by molar-refractivity contribution is -0.144. The second kappa shape index (κ2) is 22.8. The van der Waals surface area contributed by atoms with E-state index < -0.39 is 40.5 Å². The summed E-state index contributed by atoms with van der Waals surface area (Å²) in [5.41, 5.74) is 5.16. The van der Waals surface area contributed by atoms with Crippen LogP contribution in [-0.2, 0) is 35.1 Å². The maximum Gasteiger partial charge on any atom is 0.276 e. The fourth-order valence-electron chi connectivity index (χ4n) is 10.2. The number of oxime groups is 1. The molecule has 384 valence electrons. The molecule has 9 aromatic rings. The van der Waals surface area contributed by atoms with E-state index in [4.69, 9.17) is 31.9 Å². The smallest absolute Gasteiger partial charge is 0.276 e. The molecule has 2 aliphatic heterocycles. The van der Waals surface area contributed by atoms with Gasteiger partial charge in [0.05, 0.1) is 0 Å². The van der Waals surface area contributed by atoms with Crippen molar-refractivity contribution in [3.8, 4) is 0 Å². The summed E-state index contributed by atoms with van der Waals surface area (Å²) in [7, 11) is 0. The number of ketones is 1. The zero-order valence-corrected chi connectivity index (χ0v) is 44.7. The van der Waals surface area contributed by atoms with E-state index in [1.54, 1.807) is 5.38 Å². The number of thiocarbonyl (C=S) groups is 1. The van der Waals surface area contributed by atoms with Crippen LogP contribution in [0.2, 0.25) is 0 Å². The molecule has 78 heavy (non-hydrogen) atoms. The Morgan fingerprint density at radius 1 is 0.628 bits per heavy atom. The molecule has 11 rings (SSSR count). The number of ether oxygens (including phenoxy) is 1. The molecule has 0 bridgehead atoms. The lowest BCUT2D eigenvalue weighted by Crippen LogP contribution is -2.71. The van der Waals surface area contributed by atoms with Gasteiger partial charge in [0, 0.05) is 33.4 Å². The second-order valence-electron chi connectivity index (χ2n) is 18.7. The van der Waals surface area contributed by atoms with E-state index in [0.29, 0.717) is 10.7 Å². The highest BCUT2D eigenvalue weighted by molar-refractivity contribution is 8.00. The van der Waals surface area contributed by atoms with Crippen molar-refractivity contribution in [3.63, 3.8) is 0 Å². The van der Waals surface area contributed by atoms with Gasteiger partial charge in [0.2, 0.25) is 10.7 Å². The van der Waals surface area contributed by atoms with E-state index in [1.807, 2.05) is 206 Å². The zero-order valence-electron chi connectivity index (χ0n) is 42.2. The lowest BCUT2D eigenvalue weighted by Gasteiger charge is -2.50. The molecule has 1 aromatic heterocycles. The number of aromatic nitrogens is 1. The number of fused-ring (bicyclic) bond motifs is 1. The maximum atomic E-state index is 15.4. The Labute approximate surface area is 466 Å². The number of hydrogen-bond donors (Lipinski definition) is 2. The van der Waals surface area contributed by atoms with Crippen molar-refractivity contribution in [2.45, 2.75) is 35.6 Å². The van der Waals surface area contributed by atoms with Crippen molar-refractivity contribution in [3.05, 3.63) is 310 Å². The summed E-state index contributed by atoms with van der Waals surface area (Å²) in [6.45, 7) is 1.46. The minimum absolute atomic E-state index is 0.00357. The second-order valence-corrected chi connectivity index (χ2v) is 21.0. The molecule has 10 nitrogen and oxygen atoms in total. The summed E-state index contributed by atoms with van der Waals surface area (Å²) in [6, 6.07) is 77.9. The van der Waals surface area contributed by atoms with Gasteiger partial charge in [0.1, 0.15) is 34.4 Å². The molecule has 1 fully saturated rings. The highest BCUT2D eigenvalue weighted by atomic mass is 32.2. The van der Waals surface area contributed by atoms with Gasteiger partial charge in [-0.05, 0) is 47.0 Å². The minimum atomic E-state index is -1.37. The fraction of sp³-hybridized carbons (Fsp3) is 0.108. The van der Waals surface area contributed by atoms with Crippen molar-refractivity contribution in [2.75, 3.05) is 11.1 Å². The number of nitrogens with one attached hydrogen (secondary N) is 2. The van der Waals surface area contributed by atoms with Gasteiger partial charge < -0.3 is 20.2 Å². The topological polar surface area (TPSA) is 122 Å². The molecule has 0 saturated carbocycles. The SMILES string of the molecule is CC(=O)C1=C(C(=S)OC(c2ccccc2)c2ccccc2)N2C(=O)C(NC(=O)/C(=N/OC(c3ccccc3)(c3ccccc3)c3ccccc3)c3csc(NC(c4ccccc4)(c4ccccc4)c4ccccc4)n3)[C@H]2SC1. The average Bonchev–Trinajstić information content (AvgIpc) is 4.11. The van der Waals surface area contributed by atoms with Crippen LogP contribution in [0.4, 0.5) is 5.13 Å². The number of rotatable bonds is 18. The molecular weight excluding hydrogens is 1030 g/mol. The summed E-state index contributed by atoms with van der Waals surface area (Å²) < 4.78 is 6.63. The maximum absolute atomic E-state index is 15.4. The van der Waals surface area contributed by atoms with E-state index in [2.05, 4.69) is 47.0 Å². The van der Waals surface area contributed by atoms with Crippen molar-refractivity contribution in [1.82, 2.24) is 15.2 Å². The Balaban J connectivity index is 0.986. The predicted molar refractivity (Wildman–Crippen MR) is 313 cm³/mol. The molecule has 1 unspecified atom stereocenters. The van der Waals surface area contributed by atoms with Gasteiger partial charge in [-0.1, -0.05) is 248 Å². The van der Waals surface area contributed by atoms with Crippen LogP contribution in [0.5, 0.6) is 0 Å². The number of thiazole rings is 1. The molecule has 2 aliphatic rings. The van der Waals surface area contributed by atoms with E-state index in [-0.39, 0.29) is 33.7 Å². The van der Waals surface area contributed by atoms with Crippen molar-refractivity contribution in [2.24, 2.45) is 5.16 Å². The zero-order chi connectivity index (χ0) is 53.5. The van der Waals surface area contributed by atoms with Crippen LogP contribution in [0.25, 0.3) is 0 Å². The third kappa shape index (κ3) is 9.95. The Kier molecular flexibility index (Phi) is 15.0. The Morgan fingerprint density at radius 3 is 1.46 bits per heavy atom. The van der Waals surface area contributed by atoms with Crippen LogP contribution in [0, 0.1) is 0 Å². The van der Waals surface area contributed by atoms with Crippen LogP contribution in [0.3, 0.4) is 0 Å². The summed E-state index contributed by atoms with van der Waals surface area (Å²) in [6.07, 6.45) is -0.634. The van der Waals surface area contributed by atoms with E-state index >= 15 is 4.79 Å². The summed E-state index contributed by atoms with van der Waals surface area (Å²) in [5.74, 6) is -1.19. The summed E-state index contributed by atoms with van der Waals surface area (Å²) >= 11 is 8.72. The van der Waals surface area contributed by atoms with Gasteiger partial charge >= 0.3 is 0 Å². The standard InChI is InChI=1S/C65H51N5O5S3/c1-44(71)53-42-77-61-56(60(73)70(61)57(53)62(76)74-58(45-26-10-2-11-27-45)46-28-12-3-13-29-46)67-59(72)55(69-75-65(50-36-20-7-21-37-50,51-38-22-8-23-39-51)52-40-24-9-25-41-52)54-43-78-63(66-54)68-64(47-30-14-4-15-31-47,48-32-16-5-17-33-48)49-34-18-6-19-35-49/h2-41,43,56,58,61H,42H2,1H3,(H,66,68)(H,67,72)/b69-55+/t56?,61-/m1/s1. The van der Waals surface area contributed by atoms with Crippen molar-refractivity contribution < 1.29 is 24.0 Å². The van der Waals surface area contributed by atoms with Gasteiger partial charge in [-0.3, -0.25) is 19.3 Å². The van der Waals surface area contributed by atoms with Crippen molar-refractivity contribution >= 4 is 68.8 Å². The molecule has 1 saturated heterocycles. The minimum Gasteiger partial charge on any atom is -0.469 e. The number of anilines is 1. The third-order valence-electron chi connectivity index (χ3n) is 14.0. The monoisotopic (exact) mass is 1080 g/mol. The Hall–Kier alpha value is -8.75. The molecule has 0 aliphatic carbocycles. The van der Waals surface area contributed by atoms with Crippen LogP contribution in [0.1, 0.15) is 63.2 Å². The first kappa shape index (κ1) is 51.4. The summed E-state index contributed by atoms with van der Waals surface area (Å²) in [4.78, 5) is 57.2. The molecule has 8 aromatic carbocycles. The molecule has 2 N–H and O–H groups in total. The highest BCUT2D eigenvalue weighted by Gasteiger charge is 2.55. The molecule has 0 spiro atoms. The van der Waals surface area contributed by atoms with Gasteiger partial charge in [0.15, 0.2) is 16.6 Å². The molecule has 3 heterocycles. The van der Waals surface area contributed by atoms with E-state index in [1.165, 1.54) is 34.9 Å². The Bertz CT molecular complexity index is 3400. The first-order valence-corrected chi connectivity index (χ1v) is 27.7. The van der Waals surface area contributed by atoms with Gasteiger partial charge in [-0.15, -0.1) is 23.1 Å². The van der Waals surface area contributed by atoms with Crippen LogP contribution < -0.4 is 10.6 Å². The van der Waals surface area contributed by atoms with Gasteiger partial charge in [-0.2, -0.15) is 0 Å². The number of nitrogens with zero attached hydrogens (tertiary/aromatic N) is 3. The summed E-state index contributed by atoms with van der Waals surface area (Å²) in [5, 5.41) is 13.4. The van der Waals surface area contributed by atoms with E-state index in [0.717, 1.165) is 44.5 Å². The highest BCUT2D eigenvalue weighted by Crippen LogP contribution is 2.45. The number of Topliss-reactive ketones (excluding diaryl/α,β-unsaturated/α-hetero) is 1. The number of thioether (sulfide) groups is 1. The largest absolute Gasteiger partial charge is 0.469 e. The molecule has 2 atom stereocenters. The predicted octanol–water partition coefficient (Wildman–Crippen LogP) is 12.6. The first-order chi connectivity index (χ1) is 38.3. The molecule has 13 heteroatoms. The number of benzene rings is 8. The quantitative estimate of drug-likeness (QED) is 0.0284. The van der Waals surface area contributed by atoms with Crippen LogP contribution in [-0.4, -0.2) is 55.4 Å². The van der Waals surface area contributed by atoms with Gasteiger partial charge in [0.25, 0.3) is 11.8 Å².